The van der Waals surface area contributed by atoms with Gasteiger partial charge >= 0.3 is 6.03 Å². The Morgan fingerprint density at radius 1 is 0.838 bits per heavy atom. The zero-order valence-electron chi connectivity index (χ0n) is 23.1. The third kappa shape index (κ3) is 7.72. The number of urea groups is 1. The maximum absolute atomic E-state index is 13.6. The van der Waals surface area contributed by atoms with Gasteiger partial charge in [0, 0.05) is 18.8 Å². The van der Waals surface area contributed by atoms with Crippen LogP contribution in [0.25, 0.3) is 0 Å². The van der Waals surface area contributed by atoms with E-state index in [0.29, 0.717) is 19.6 Å². The zero-order valence-corrected chi connectivity index (χ0v) is 23.1. The number of aryl methyl sites for hydroxylation is 1. The SMILES string of the molecule is CCCN(CC(=O)N(Cc1ccccc1)Cc1ccc(C)o1)C(=O)Nc1c(C(C)C)cccc1C(C)C. The van der Waals surface area contributed by atoms with E-state index in [1.807, 2.05) is 62.4 Å². The van der Waals surface area contributed by atoms with Crippen molar-refractivity contribution in [3.8, 4) is 0 Å². The molecular formula is C31H41N3O3. The van der Waals surface area contributed by atoms with Crippen LogP contribution < -0.4 is 5.32 Å². The maximum atomic E-state index is 13.6. The molecule has 198 valence electrons. The average molecular weight is 504 g/mol. The van der Waals surface area contributed by atoms with E-state index in [9.17, 15) is 9.59 Å². The highest BCUT2D eigenvalue weighted by atomic mass is 16.3. The highest BCUT2D eigenvalue weighted by Crippen LogP contribution is 2.32. The van der Waals surface area contributed by atoms with Gasteiger partial charge in [-0.2, -0.15) is 0 Å². The summed E-state index contributed by atoms with van der Waals surface area (Å²) in [5.41, 5.74) is 4.08. The van der Waals surface area contributed by atoms with Crippen LogP contribution in [0.4, 0.5) is 10.5 Å². The Kier molecular flexibility index (Phi) is 9.95. The van der Waals surface area contributed by atoms with Crippen LogP contribution in [0.15, 0.2) is 65.1 Å². The first-order valence-electron chi connectivity index (χ1n) is 13.2. The molecule has 3 amide bonds. The van der Waals surface area contributed by atoms with Crippen LogP contribution in [0.3, 0.4) is 0 Å². The molecule has 0 radical (unpaired) electrons. The standard InChI is InChI=1S/C31H41N3O3/c1-7-18-33(31(36)32-30-27(22(2)3)14-11-15-28(30)23(4)5)21-29(35)34(19-25-12-9-8-10-13-25)20-26-17-16-24(6)37-26/h8-17,22-23H,7,18-21H2,1-6H3,(H,32,36). The number of para-hydroxylation sites is 1. The van der Waals surface area contributed by atoms with Crippen LogP contribution in [-0.2, 0) is 17.9 Å². The molecule has 0 spiro atoms. The van der Waals surface area contributed by atoms with Crippen molar-refractivity contribution in [2.45, 2.75) is 72.9 Å². The van der Waals surface area contributed by atoms with Crippen LogP contribution in [0.5, 0.6) is 0 Å². The zero-order chi connectivity index (χ0) is 26.9. The third-order valence-electron chi connectivity index (χ3n) is 6.42. The van der Waals surface area contributed by atoms with Crippen molar-refractivity contribution in [2.24, 2.45) is 0 Å². The summed E-state index contributed by atoms with van der Waals surface area (Å²) < 4.78 is 5.77. The van der Waals surface area contributed by atoms with E-state index >= 15 is 0 Å². The molecular weight excluding hydrogens is 462 g/mol. The lowest BCUT2D eigenvalue weighted by atomic mass is 9.93. The molecule has 0 aliphatic carbocycles. The highest BCUT2D eigenvalue weighted by Gasteiger charge is 2.24. The van der Waals surface area contributed by atoms with Gasteiger partial charge in [-0.15, -0.1) is 0 Å². The van der Waals surface area contributed by atoms with Gasteiger partial charge in [-0.25, -0.2) is 4.79 Å². The van der Waals surface area contributed by atoms with Crippen molar-refractivity contribution < 1.29 is 14.0 Å². The molecule has 1 N–H and O–H groups in total. The Balaban J connectivity index is 1.83. The van der Waals surface area contributed by atoms with Gasteiger partial charge < -0.3 is 19.5 Å². The Bertz CT molecular complexity index is 1140. The number of amides is 3. The monoisotopic (exact) mass is 503 g/mol. The van der Waals surface area contributed by atoms with Crippen molar-refractivity contribution in [1.29, 1.82) is 0 Å². The number of nitrogens with zero attached hydrogens (tertiary/aromatic N) is 2. The largest absolute Gasteiger partial charge is 0.464 e. The second kappa shape index (κ2) is 13.1. The normalized spacial score (nSPS) is 11.1. The number of hydrogen-bond acceptors (Lipinski definition) is 3. The fraction of sp³-hybridized carbons (Fsp3) is 0.419. The average Bonchev–Trinajstić information content (AvgIpc) is 3.28. The van der Waals surface area contributed by atoms with E-state index in [1.165, 1.54) is 0 Å². The number of anilines is 1. The first-order chi connectivity index (χ1) is 17.7. The number of nitrogens with one attached hydrogen (secondary N) is 1. The third-order valence-corrected chi connectivity index (χ3v) is 6.42. The van der Waals surface area contributed by atoms with Crippen molar-refractivity contribution in [2.75, 3.05) is 18.4 Å². The van der Waals surface area contributed by atoms with Crippen LogP contribution in [0.1, 0.15) is 81.1 Å². The molecule has 1 heterocycles. The number of hydrogen-bond donors (Lipinski definition) is 1. The number of carbonyl (C=O) groups is 2. The quantitative estimate of drug-likeness (QED) is 0.298. The summed E-state index contributed by atoms with van der Waals surface area (Å²) in [4.78, 5) is 30.5. The first-order valence-corrected chi connectivity index (χ1v) is 13.2. The molecule has 6 nitrogen and oxygen atoms in total. The molecule has 6 heteroatoms. The van der Waals surface area contributed by atoms with Crippen molar-refractivity contribution in [1.82, 2.24) is 9.80 Å². The minimum absolute atomic E-state index is 0.00689. The summed E-state index contributed by atoms with van der Waals surface area (Å²) in [5, 5.41) is 3.17. The fourth-order valence-electron chi connectivity index (χ4n) is 4.46. The molecule has 37 heavy (non-hydrogen) atoms. The van der Waals surface area contributed by atoms with E-state index in [2.05, 4.69) is 45.1 Å². The molecule has 3 rings (SSSR count). The van der Waals surface area contributed by atoms with Gasteiger partial charge in [0.2, 0.25) is 5.91 Å². The predicted octanol–water partition coefficient (Wildman–Crippen LogP) is 7.31. The summed E-state index contributed by atoms with van der Waals surface area (Å²) in [6.45, 7) is 13.7. The molecule has 1 aromatic heterocycles. The molecule has 0 aliphatic heterocycles. The maximum Gasteiger partial charge on any atom is 0.322 e. The van der Waals surface area contributed by atoms with E-state index < -0.39 is 0 Å². The topological polar surface area (TPSA) is 65.8 Å². The Morgan fingerprint density at radius 3 is 2.03 bits per heavy atom. The Morgan fingerprint density at radius 2 is 1.49 bits per heavy atom. The number of benzene rings is 2. The van der Waals surface area contributed by atoms with E-state index in [-0.39, 0.29) is 30.3 Å². The Labute approximate surface area is 221 Å². The molecule has 0 saturated heterocycles. The fourth-order valence-corrected chi connectivity index (χ4v) is 4.46. The number of carbonyl (C=O) groups excluding carboxylic acids is 2. The molecule has 0 unspecified atom stereocenters. The second-order valence-corrected chi connectivity index (χ2v) is 10.2. The van der Waals surface area contributed by atoms with Gasteiger partial charge in [-0.3, -0.25) is 4.79 Å². The molecule has 3 aromatic rings. The Hall–Kier alpha value is -3.54. The number of rotatable bonds is 11. The lowest BCUT2D eigenvalue weighted by Gasteiger charge is -2.28. The van der Waals surface area contributed by atoms with Crippen LogP contribution in [-0.4, -0.2) is 34.8 Å². The molecule has 0 bridgehead atoms. The first kappa shape index (κ1) is 28.0. The van der Waals surface area contributed by atoms with Crippen molar-refractivity contribution >= 4 is 17.6 Å². The predicted molar refractivity (Wildman–Crippen MR) is 150 cm³/mol. The van der Waals surface area contributed by atoms with Crippen LogP contribution in [0, 0.1) is 6.92 Å². The summed E-state index contributed by atoms with van der Waals surface area (Å²) >= 11 is 0. The molecule has 2 aromatic carbocycles. The molecule has 0 aliphatic rings. The summed E-state index contributed by atoms with van der Waals surface area (Å²) in [6, 6.07) is 19.6. The van der Waals surface area contributed by atoms with Gasteiger partial charge in [-0.05, 0) is 54.0 Å². The summed E-state index contributed by atoms with van der Waals surface area (Å²) in [6.07, 6.45) is 0.750. The van der Waals surface area contributed by atoms with Gasteiger partial charge in [0.1, 0.15) is 18.1 Å². The second-order valence-electron chi connectivity index (χ2n) is 10.2. The smallest absolute Gasteiger partial charge is 0.322 e. The van der Waals surface area contributed by atoms with E-state index in [4.69, 9.17) is 4.42 Å². The lowest BCUT2D eigenvalue weighted by molar-refractivity contribution is -0.133. The summed E-state index contributed by atoms with van der Waals surface area (Å²) in [7, 11) is 0. The van der Waals surface area contributed by atoms with Gasteiger partial charge in [0.25, 0.3) is 0 Å². The van der Waals surface area contributed by atoms with Crippen LogP contribution >= 0.6 is 0 Å². The lowest BCUT2D eigenvalue weighted by Crippen LogP contribution is -2.44. The van der Waals surface area contributed by atoms with E-state index in [1.54, 1.807) is 9.80 Å². The van der Waals surface area contributed by atoms with Gasteiger partial charge in [-0.1, -0.05) is 83.1 Å². The molecule has 0 saturated carbocycles. The van der Waals surface area contributed by atoms with Gasteiger partial charge in [0.05, 0.1) is 6.54 Å². The van der Waals surface area contributed by atoms with E-state index in [0.717, 1.165) is 40.3 Å². The molecule has 0 atom stereocenters. The van der Waals surface area contributed by atoms with Gasteiger partial charge in [0.15, 0.2) is 0 Å². The van der Waals surface area contributed by atoms with Crippen LogP contribution in [0.2, 0.25) is 0 Å². The number of furan rings is 1. The summed E-state index contributed by atoms with van der Waals surface area (Å²) in [5.74, 6) is 1.92. The minimum Gasteiger partial charge on any atom is -0.464 e. The van der Waals surface area contributed by atoms with Crippen molar-refractivity contribution in [3.63, 3.8) is 0 Å². The van der Waals surface area contributed by atoms with Crippen molar-refractivity contribution in [3.05, 3.63) is 88.9 Å². The minimum atomic E-state index is -0.251. The highest BCUT2D eigenvalue weighted by molar-refractivity contribution is 5.94. The molecule has 0 fully saturated rings.